The number of carbonyl (C=O) groups is 2. The first-order valence-electron chi connectivity index (χ1n) is 6.05. The number of Topliss-reactive ketones (excluding diaryl/α,β-unsaturated/α-hetero) is 1. The van der Waals surface area contributed by atoms with Crippen LogP contribution in [0.2, 0.25) is 0 Å². The number of amides is 1. The maximum absolute atomic E-state index is 11.7. The number of carbonyl (C=O) groups excluding carboxylic acids is 2. The van der Waals surface area contributed by atoms with E-state index in [9.17, 15) is 9.59 Å². The fourth-order valence-corrected chi connectivity index (χ4v) is 1.83. The Labute approximate surface area is 111 Å². The third kappa shape index (κ3) is 3.19. The van der Waals surface area contributed by atoms with E-state index in [4.69, 9.17) is 4.74 Å². The Morgan fingerprint density at radius 1 is 1.26 bits per heavy atom. The normalized spacial score (nSPS) is 16.4. The molecule has 0 heterocycles. The van der Waals surface area contributed by atoms with E-state index in [-0.39, 0.29) is 12.2 Å². The molecule has 0 unspecified atom stereocenters. The van der Waals surface area contributed by atoms with Crippen molar-refractivity contribution < 1.29 is 14.3 Å². The second-order valence-electron chi connectivity index (χ2n) is 5.32. The number of nitrogens with zero attached hydrogens (tertiary/aromatic N) is 1. The molecule has 0 saturated heterocycles. The first kappa shape index (κ1) is 13.3. The van der Waals surface area contributed by atoms with Crippen LogP contribution in [-0.4, -0.2) is 23.2 Å². The maximum atomic E-state index is 11.7. The molecule has 5 nitrogen and oxygen atoms in total. The lowest BCUT2D eigenvalue weighted by atomic mass is 10.1. The second-order valence-corrected chi connectivity index (χ2v) is 5.32. The molecule has 0 bridgehead atoms. The molecular formula is C14H16N2O3. The quantitative estimate of drug-likeness (QED) is 0.789. The van der Waals surface area contributed by atoms with Gasteiger partial charge in [0.2, 0.25) is 0 Å². The molecule has 0 fully saturated rings. The van der Waals surface area contributed by atoms with E-state index in [0.717, 1.165) is 5.56 Å². The van der Waals surface area contributed by atoms with Gasteiger partial charge in [0, 0.05) is 11.1 Å². The van der Waals surface area contributed by atoms with Gasteiger partial charge in [-0.3, -0.25) is 4.79 Å². The lowest BCUT2D eigenvalue weighted by molar-refractivity contribution is 0.0529. The zero-order valence-corrected chi connectivity index (χ0v) is 11.2. The summed E-state index contributed by atoms with van der Waals surface area (Å²) in [6, 6.07) is 7.21. The Balaban J connectivity index is 2.10. The summed E-state index contributed by atoms with van der Waals surface area (Å²) in [5, 5.41) is 3.97. The number of hydrogen-bond donors (Lipinski definition) is 1. The lowest BCUT2D eigenvalue weighted by Gasteiger charge is -2.18. The Bertz CT molecular complexity index is 556. The number of nitrogens with one attached hydrogen (secondary N) is 1. The van der Waals surface area contributed by atoms with E-state index < -0.39 is 11.7 Å². The summed E-state index contributed by atoms with van der Waals surface area (Å²) in [4.78, 5) is 23.2. The zero-order chi connectivity index (χ0) is 14.0. The fraction of sp³-hybridized carbons (Fsp3) is 0.357. The number of hydrazone groups is 1. The number of fused-ring (bicyclic) bond motifs is 1. The van der Waals surface area contributed by atoms with E-state index in [0.29, 0.717) is 11.3 Å². The highest BCUT2D eigenvalue weighted by Gasteiger charge is 2.25. The van der Waals surface area contributed by atoms with Gasteiger partial charge >= 0.3 is 6.09 Å². The number of ether oxygens (including phenoxy) is 1. The van der Waals surface area contributed by atoms with Gasteiger partial charge in [-0.05, 0) is 20.8 Å². The average molecular weight is 260 g/mol. The van der Waals surface area contributed by atoms with Crippen LogP contribution in [-0.2, 0) is 4.74 Å². The summed E-state index contributed by atoms with van der Waals surface area (Å²) in [6.07, 6.45) is -0.424. The highest BCUT2D eigenvalue weighted by atomic mass is 16.6. The van der Waals surface area contributed by atoms with Crippen molar-refractivity contribution in [1.29, 1.82) is 0 Å². The number of hydrogen-bond acceptors (Lipinski definition) is 4. The minimum Gasteiger partial charge on any atom is -0.443 e. The summed E-state index contributed by atoms with van der Waals surface area (Å²) in [6.45, 7) is 5.32. The zero-order valence-electron chi connectivity index (χ0n) is 11.2. The number of rotatable bonds is 1. The van der Waals surface area contributed by atoms with Gasteiger partial charge < -0.3 is 4.74 Å². The third-order valence-electron chi connectivity index (χ3n) is 2.55. The Morgan fingerprint density at radius 2 is 1.89 bits per heavy atom. The monoisotopic (exact) mass is 260 g/mol. The topological polar surface area (TPSA) is 67.8 Å². The molecule has 0 saturated carbocycles. The van der Waals surface area contributed by atoms with Crippen LogP contribution in [0.3, 0.4) is 0 Å². The van der Waals surface area contributed by atoms with Crippen molar-refractivity contribution in [2.24, 2.45) is 5.10 Å². The maximum Gasteiger partial charge on any atom is 0.428 e. The summed E-state index contributed by atoms with van der Waals surface area (Å²) < 4.78 is 5.07. The number of benzene rings is 1. The molecule has 1 aliphatic carbocycles. The van der Waals surface area contributed by atoms with Crippen molar-refractivity contribution in [1.82, 2.24) is 5.43 Å². The van der Waals surface area contributed by atoms with Gasteiger partial charge in [-0.15, -0.1) is 0 Å². The Morgan fingerprint density at radius 3 is 2.53 bits per heavy atom. The van der Waals surface area contributed by atoms with E-state index in [1.807, 2.05) is 12.1 Å². The van der Waals surface area contributed by atoms with Crippen molar-refractivity contribution in [3.63, 3.8) is 0 Å². The molecule has 0 aromatic heterocycles. The summed E-state index contributed by atoms with van der Waals surface area (Å²) in [7, 11) is 0. The molecule has 1 N–H and O–H groups in total. The first-order chi connectivity index (χ1) is 8.87. The van der Waals surface area contributed by atoms with Crippen molar-refractivity contribution >= 4 is 17.6 Å². The molecule has 19 heavy (non-hydrogen) atoms. The molecule has 0 spiro atoms. The van der Waals surface area contributed by atoms with E-state index >= 15 is 0 Å². The predicted molar refractivity (Wildman–Crippen MR) is 71.3 cm³/mol. The minimum atomic E-state index is -0.628. The van der Waals surface area contributed by atoms with Gasteiger partial charge in [0.1, 0.15) is 5.60 Å². The van der Waals surface area contributed by atoms with Crippen LogP contribution in [0.25, 0.3) is 0 Å². The van der Waals surface area contributed by atoms with Gasteiger partial charge in [0.25, 0.3) is 0 Å². The van der Waals surface area contributed by atoms with Gasteiger partial charge in [0.05, 0.1) is 12.1 Å². The third-order valence-corrected chi connectivity index (χ3v) is 2.55. The van der Waals surface area contributed by atoms with Crippen LogP contribution in [0.1, 0.15) is 43.1 Å². The second kappa shape index (κ2) is 4.84. The fourth-order valence-electron chi connectivity index (χ4n) is 1.83. The standard InChI is InChI=1S/C14H16N2O3/c1-14(2,3)19-13(18)16-15-11-8-12(17)10-7-5-4-6-9(10)11/h4-7H,8H2,1-3H3,(H,16,18)/b15-11+. The molecule has 0 aliphatic heterocycles. The van der Waals surface area contributed by atoms with Crippen LogP contribution < -0.4 is 5.43 Å². The van der Waals surface area contributed by atoms with Crippen LogP contribution in [0.15, 0.2) is 29.4 Å². The molecule has 100 valence electrons. The van der Waals surface area contributed by atoms with Crippen molar-refractivity contribution in [3.05, 3.63) is 35.4 Å². The van der Waals surface area contributed by atoms with E-state index in [2.05, 4.69) is 10.5 Å². The highest BCUT2D eigenvalue weighted by molar-refractivity contribution is 6.26. The molecule has 1 amide bonds. The van der Waals surface area contributed by atoms with Gasteiger partial charge in [-0.25, -0.2) is 10.2 Å². The summed E-state index contributed by atoms with van der Waals surface area (Å²) >= 11 is 0. The van der Waals surface area contributed by atoms with Crippen LogP contribution >= 0.6 is 0 Å². The highest BCUT2D eigenvalue weighted by Crippen LogP contribution is 2.21. The largest absolute Gasteiger partial charge is 0.443 e. The molecule has 2 rings (SSSR count). The van der Waals surface area contributed by atoms with Crippen LogP contribution in [0.4, 0.5) is 4.79 Å². The average Bonchev–Trinajstić information content (AvgIpc) is 2.62. The molecule has 1 aromatic rings. The van der Waals surface area contributed by atoms with Crippen molar-refractivity contribution in [2.45, 2.75) is 32.8 Å². The first-order valence-corrected chi connectivity index (χ1v) is 6.05. The lowest BCUT2D eigenvalue weighted by Crippen LogP contribution is -2.30. The number of ketones is 1. The minimum absolute atomic E-state index is 0.0142. The van der Waals surface area contributed by atoms with Crippen LogP contribution in [0, 0.1) is 0 Å². The van der Waals surface area contributed by atoms with Gasteiger partial charge in [-0.2, -0.15) is 5.10 Å². The van der Waals surface area contributed by atoms with E-state index in [1.54, 1.807) is 32.9 Å². The van der Waals surface area contributed by atoms with Gasteiger partial charge in [-0.1, -0.05) is 24.3 Å². The van der Waals surface area contributed by atoms with E-state index in [1.165, 1.54) is 0 Å². The van der Waals surface area contributed by atoms with Crippen LogP contribution in [0.5, 0.6) is 0 Å². The van der Waals surface area contributed by atoms with Crippen molar-refractivity contribution in [2.75, 3.05) is 0 Å². The molecule has 1 aromatic carbocycles. The SMILES string of the molecule is CC(C)(C)OC(=O)N/N=C1\CC(=O)c2ccccc21. The molecular weight excluding hydrogens is 244 g/mol. The Kier molecular flexibility index (Phi) is 3.38. The molecule has 0 radical (unpaired) electrons. The Hall–Kier alpha value is -2.17. The summed E-state index contributed by atoms with van der Waals surface area (Å²) in [5.74, 6) is 0.0142. The molecule has 1 aliphatic rings. The summed E-state index contributed by atoms with van der Waals surface area (Å²) in [5.41, 5.74) is 3.72. The molecule has 5 heteroatoms. The van der Waals surface area contributed by atoms with Gasteiger partial charge in [0.15, 0.2) is 5.78 Å². The van der Waals surface area contributed by atoms with Crippen molar-refractivity contribution in [3.8, 4) is 0 Å². The molecule has 0 atom stereocenters. The smallest absolute Gasteiger partial charge is 0.428 e. The predicted octanol–water partition coefficient (Wildman–Crippen LogP) is 2.50.